The van der Waals surface area contributed by atoms with Gasteiger partial charge in [0.2, 0.25) is 0 Å². The zero-order chi connectivity index (χ0) is 11.4. The van der Waals surface area contributed by atoms with E-state index in [0.717, 1.165) is 15.5 Å². The van der Waals surface area contributed by atoms with E-state index in [-0.39, 0.29) is 0 Å². The van der Waals surface area contributed by atoms with E-state index in [0.29, 0.717) is 5.75 Å². The van der Waals surface area contributed by atoms with Gasteiger partial charge in [-0.3, -0.25) is 0 Å². The number of nitrogens with two attached hydrogens (primary N) is 1. The molecular formula is C12H11NOS2. The molecule has 0 unspecified atom stereocenters. The van der Waals surface area contributed by atoms with Crippen LogP contribution in [0.3, 0.4) is 0 Å². The second kappa shape index (κ2) is 5.18. The molecule has 0 atom stereocenters. The summed E-state index contributed by atoms with van der Waals surface area (Å²) in [6, 6.07) is 14.9. The van der Waals surface area contributed by atoms with Crippen LogP contribution in [0.25, 0.3) is 0 Å². The Hall–Kier alpha value is -1.26. The lowest BCUT2D eigenvalue weighted by atomic mass is 10.3. The average Bonchev–Trinajstić information content (AvgIpc) is 2.30. The molecule has 2 aromatic rings. The number of hydrogen-bond donors (Lipinski definition) is 2. The number of nitrogen functional groups attached to an aromatic ring is 1. The molecule has 0 aliphatic rings. The first-order valence-corrected chi connectivity index (χ1v) is 6.88. The summed E-state index contributed by atoms with van der Waals surface area (Å²) < 4.78 is 0. The van der Waals surface area contributed by atoms with E-state index in [1.54, 1.807) is 33.7 Å². The highest BCUT2D eigenvalue weighted by atomic mass is 33.1. The molecule has 0 saturated carbocycles. The third-order valence-electron chi connectivity index (χ3n) is 1.95. The van der Waals surface area contributed by atoms with Crippen molar-refractivity contribution in [3.8, 4) is 5.75 Å². The third kappa shape index (κ3) is 3.12. The highest BCUT2D eigenvalue weighted by Gasteiger charge is 1.97. The van der Waals surface area contributed by atoms with Gasteiger partial charge in [0.1, 0.15) is 5.75 Å². The van der Waals surface area contributed by atoms with Crippen molar-refractivity contribution >= 4 is 27.3 Å². The molecule has 2 nitrogen and oxygen atoms in total. The summed E-state index contributed by atoms with van der Waals surface area (Å²) in [5.41, 5.74) is 6.38. The topological polar surface area (TPSA) is 46.2 Å². The van der Waals surface area contributed by atoms with E-state index < -0.39 is 0 Å². The summed E-state index contributed by atoms with van der Waals surface area (Å²) in [5.74, 6) is 0.293. The summed E-state index contributed by atoms with van der Waals surface area (Å²) in [5, 5.41) is 9.14. The molecule has 0 bridgehead atoms. The number of hydrogen-bond acceptors (Lipinski definition) is 4. The summed E-state index contributed by atoms with van der Waals surface area (Å²) in [4.78, 5) is 2.27. The van der Waals surface area contributed by atoms with Crippen LogP contribution in [0, 0.1) is 0 Å². The second-order valence-corrected chi connectivity index (χ2v) is 5.51. The molecular weight excluding hydrogens is 238 g/mol. The van der Waals surface area contributed by atoms with Crippen molar-refractivity contribution in [3.05, 3.63) is 48.5 Å². The first kappa shape index (κ1) is 11.2. The molecule has 0 radical (unpaired) electrons. The molecule has 0 aliphatic heterocycles. The standard InChI is InChI=1S/C12H11NOS2/c13-9-1-5-11(6-2-9)15-16-12-7-3-10(14)4-8-12/h1-8,14H,13H2. The van der Waals surface area contributed by atoms with Crippen molar-refractivity contribution in [2.75, 3.05) is 5.73 Å². The molecule has 0 aromatic heterocycles. The quantitative estimate of drug-likeness (QED) is 0.642. The summed E-state index contributed by atoms with van der Waals surface area (Å²) in [7, 11) is 3.32. The minimum absolute atomic E-state index is 0.293. The van der Waals surface area contributed by atoms with Gasteiger partial charge in [-0.15, -0.1) is 0 Å². The van der Waals surface area contributed by atoms with Gasteiger partial charge < -0.3 is 10.8 Å². The molecule has 0 saturated heterocycles. The van der Waals surface area contributed by atoms with Gasteiger partial charge in [0.05, 0.1) is 0 Å². The normalized spacial score (nSPS) is 10.2. The Bertz CT molecular complexity index is 408. The number of anilines is 1. The molecule has 0 amide bonds. The Kier molecular flexibility index (Phi) is 3.64. The van der Waals surface area contributed by atoms with Gasteiger partial charge >= 0.3 is 0 Å². The fourth-order valence-corrected chi connectivity index (χ4v) is 3.05. The maximum absolute atomic E-state index is 9.14. The lowest BCUT2D eigenvalue weighted by Crippen LogP contribution is -1.81. The van der Waals surface area contributed by atoms with E-state index in [1.807, 2.05) is 36.4 Å². The van der Waals surface area contributed by atoms with Crippen molar-refractivity contribution in [1.82, 2.24) is 0 Å². The van der Waals surface area contributed by atoms with E-state index in [1.165, 1.54) is 0 Å². The minimum Gasteiger partial charge on any atom is -0.508 e. The largest absolute Gasteiger partial charge is 0.508 e. The molecule has 2 aromatic carbocycles. The van der Waals surface area contributed by atoms with E-state index >= 15 is 0 Å². The Labute approximate surface area is 102 Å². The van der Waals surface area contributed by atoms with Crippen LogP contribution in [0.2, 0.25) is 0 Å². The zero-order valence-electron chi connectivity index (χ0n) is 8.46. The zero-order valence-corrected chi connectivity index (χ0v) is 10.1. The molecule has 0 spiro atoms. The monoisotopic (exact) mass is 249 g/mol. The van der Waals surface area contributed by atoms with E-state index in [2.05, 4.69) is 0 Å². The Morgan fingerprint density at radius 3 is 1.69 bits per heavy atom. The maximum Gasteiger partial charge on any atom is 0.115 e. The van der Waals surface area contributed by atoms with Crippen molar-refractivity contribution in [2.45, 2.75) is 9.79 Å². The van der Waals surface area contributed by atoms with Gasteiger partial charge in [0, 0.05) is 15.5 Å². The molecule has 2 rings (SSSR count). The van der Waals surface area contributed by atoms with Gasteiger partial charge in [0.25, 0.3) is 0 Å². The number of benzene rings is 2. The Morgan fingerprint density at radius 1 is 0.750 bits per heavy atom. The first-order valence-electron chi connectivity index (χ1n) is 4.73. The first-order chi connectivity index (χ1) is 7.74. The lowest BCUT2D eigenvalue weighted by molar-refractivity contribution is 0.475. The van der Waals surface area contributed by atoms with Crippen LogP contribution in [0.15, 0.2) is 58.3 Å². The molecule has 82 valence electrons. The number of rotatable bonds is 3. The predicted octanol–water partition coefficient (Wildman–Crippen LogP) is 3.77. The minimum atomic E-state index is 0.293. The van der Waals surface area contributed by atoms with Crippen LogP contribution in [-0.4, -0.2) is 5.11 Å². The van der Waals surface area contributed by atoms with Gasteiger partial charge in [0.15, 0.2) is 0 Å². The molecule has 16 heavy (non-hydrogen) atoms. The maximum atomic E-state index is 9.14. The van der Waals surface area contributed by atoms with Crippen molar-refractivity contribution in [1.29, 1.82) is 0 Å². The molecule has 3 N–H and O–H groups in total. The van der Waals surface area contributed by atoms with Crippen molar-refractivity contribution in [2.24, 2.45) is 0 Å². The third-order valence-corrected chi connectivity index (χ3v) is 4.37. The van der Waals surface area contributed by atoms with Gasteiger partial charge in [-0.25, -0.2) is 0 Å². The van der Waals surface area contributed by atoms with Crippen LogP contribution in [-0.2, 0) is 0 Å². The Morgan fingerprint density at radius 2 is 1.19 bits per heavy atom. The molecule has 0 aliphatic carbocycles. The SMILES string of the molecule is Nc1ccc(SSc2ccc(O)cc2)cc1. The summed E-state index contributed by atoms with van der Waals surface area (Å²) >= 11 is 0. The molecule has 0 fully saturated rings. The second-order valence-electron chi connectivity index (χ2n) is 3.23. The van der Waals surface area contributed by atoms with Crippen LogP contribution in [0.4, 0.5) is 5.69 Å². The van der Waals surface area contributed by atoms with Crippen LogP contribution >= 0.6 is 21.6 Å². The highest BCUT2D eigenvalue weighted by Crippen LogP contribution is 2.37. The Balaban J connectivity index is 1.97. The predicted molar refractivity (Wildman–Crippen MR) is 70.7 cm³/mol. The fourth-order valence-electron chi connectivity index (χ4n) is 1.12. The molecule has 4 heteroatoms. The van der Waals surface area contributed by atoms with Gasteiger partial charge in [-0.05, 0) is 48.5 Å². The number of phenolic OH excluding ortho intramolecular Hbond substituents is 1. The van der Waals surface area contributed by atoms with E-state index in [9.17, 15) is 0 Å². The van der Waals surface area contributed by atoms with Crippen LogP contribution < -0.4 is 5.73 Å². The average molecular weight is 249 g/mol. The van der Waals surface area contributed by atoms with Crippen LogP contribution in [0.5, 0.6) is 5.75 Å². The lowest BCUT2D eigenvalue weighted by Gasteiger charge is -2.01. The highest BCUT2D eigenvalue weighted by molar-refractivity contribution is 8.76. The number of aromatic hydroxyl groups is 1. The summed E-state index contributed by atoms with van der Waals surface area (Å²) in [6.07, 6.45) is 0. The van der Waals surface area contributed by atoms with Crippen LogP contribution in [0.1, 0.15) is 0 Å². The van der Waals surface area contributed by atoms with Crippen molar-refractivity contribution < 1.29 is 5.11 Å². The van der Waals surface area contributed by atoms with Gasteiger partial charge in [-0.2, -0.15) is 0 Å². The number of phenols is 1. The van der Waals surface area contributed by atoms with Crippen molar-refractivity contribution in [3.63, 3.8) is 0 Å². The van der Waals surface area contributed by atoms with Gasteiger partial charge in [-0.1, -0.05) is 21.6 Å². The smallest absolute Gasteiger partial charge is 0.115 e. The summed E-state index contributed by atoms with van der Waals surface area (Å²) in [6.45, 7) is 0. The fraction of sp³-hybridized carbons (Fsp3) is 0. The van der Waals surface area contributed by atoms with E-state index in [4.69, 9.17) is 10.8 Å². The molecule has 0 heterocycles.